The number of amides is 2. The third-order valence-electron chi connectivity index (χ3n) is 6.15. The molecule has 1 saturated carbocycles. The summed E-state index contributed by atoms with van der Waals surface area (Å²) in [5, 5.41) is 13.6. The number of carbonyl (C=O) groups is 2. The largest absolute Gasteiger partial charge is 0.490 e. The molecule has 2 aromatic carbocycles. The van der Waals surface area contributed by atoms with Crippen molar-refractivity contribution >= 4 is 28.8 Å². The molecular weight excluding hydrogens is 541 g/mol. The van der Waals surface area contributed by atoms with E-state index in [-0.39, 0.29) is 29.7 Å². The van der Waals surface area contributed by atoms with Crippen LogP contribution in [0.1, 0.15) is 44.7 Å². The van der Waals surface area contributed by atoms with E-state index in [1.165, 1.54) is 24.4 Å². The molecule has 1 fully saturated rings. The van der Waals surface area contributed by atoms with Crippen LogP contribution in [0.3, 0.4) is 0 Å². The summed E-state index contributed by atoms with van der Waals surface area (Å²) in [6.07, 6.45) is -5.92. The highest BCUT2D eigenvalue weighted by Crippen LogP contribution is 2.35. The molecule has 0 radical (unpaired) electrons. The molecule has 4 rings (SSSR count). The van der Waals surface area contributed by atoms with Crippen molar-refractivity contribution in [2.45, 2.75) is 64.1 Å². The minimum atomic E-state index is -4.85. The van der Waals surface area contributed by atoms with E-state index in [0.29, 0.717) is 40.6 Å². The number of alkyl halides is 3. The molecular formula is C27H26F5N3O5. The zero-order chi connectivity index (χ0) is 29.4. The zero-order valence-corrected chi connectivity index (χ0v) is 21.7. The number of nitrogens with one attached hydrogen (secondary N) is 1. The number of carbonyl (C=O) groups excluding carboxylic acids is 1. The molecule has 1 aliphatic rings. The Hall–Kier alpha value is -4.00. The number of anilines is 1. The third kappa shape index (κ3) is 6.58. The van der Waals surface area contributed by atoms with E-state index in [1.54, 1.807) is 20.8 Å². The molecule has 0 atom stereocenters. The van der Waals surface area contributed by atoms with Crippen LogP contribution in [0, 0.1) is 11.6 Å². The van der Waals surface area contributed by atoms with Gasteiger partial charge < -0.3 is 19.9 Å². The van der Waals surface area contributed by atoms with Gasteiger partial charge in [-0.3, -0.25) is 0 Å². The van der Waals surface area contributed by atoms with Crippen LogP contribution in [0.4, 0.5) is 37.4 Å². The minimum absolute atomic E-state index is 0.0261. The fourth-order valence-corrected chi connectivity index (χ4v) is 4.18. The first-order chi connectivity index (χ1) is 18.6. The first-order valence-electron chi connectivity index (χ1n) is 12.2. The Bertz CT molecular complexity index is 1430. The molecule has 2 N–H and O–H groups in total. The Morgan fingerprint density at radius 1 is 1.07 bits per heavy atom. The van der Waals surface area contributed by atoms with Crippen molar-refractivity contribution in [1.29, 1.82) is 0 Å². The van der Waals surface area contributed by atoms with Crippen LogP contribution in [-0.4, -0.2) is 40.0 Å². The van der Waals surface area contributed by atoms with E-state index < -0.39 is 47.3 Å². The lowest BCUT2D eigenvalue weighted by Gasteiger charge is -2.36. The maximum Gasteiger partial charge on any atom is 0.425 e. The van der Waals surface area contributed by atoms with Crippen LogP contribution < -0.4 is 15.0 Å². The number of nitrogens with zero attached hydrogens (tertiary/aromatic N) is 2. The molecule has 1 aliphatic carbocycles. The van der Waals surface area contributed by atoms with Gasteiger partial charge in [0.15, 0.2) is 0 Å². The van der Waals surface area contributed by atoms with Crippen molar-refractivity contribution in [3.63, 3.8) is 0 Å². The third-order valence-corrected chi connectivity index (χ3v) is 6.15. The molecule has 0 bridgehead atoms. The van der Waals surface area contributed by atoms with Crippen LogP contribution in [0.5, 0.6) is 5.75 Å². The number of aromatic nitrogens is 1. The molecule has 3 aromatic rings. The number of pyridine rings is 1. The summed E-state index contributed by atoms with van der Waals surface area (Å²) < 4.78 is 77.9. The number of halogens is 5. The van der Waals surface area contributed by atoms with E-state index in [4.69, 9.17) is 9.47 Å². The molecule has 0 aliphatic heterocycles. The topological polar surface area (TPSA) is 101 Å². The number of hydrogen-bond acceptors (Lipinski definition) is 6. The predicted octanol–water partition coefficient (Wildman–Crippen LogP) is 6.65. The lowest BCUT2D eigenvalue weighted by molar-refractivity contribution is -0.140. The quantitative estimate of drug-likeness (QED) is 0.322. The minimum Gasteiger partial charge on any atom is -0.490 e. The van der Waals surface area contributed by atoms with Crippen molar-refractivity contribution in [3.8, 4) is 5.75 Å². The first kappa shape index (κ1) is 29.0. The maximum absolute atomic E-state index is 14.9. The highest BCUT2D eigenvalue weighted by molar-refractivity contribution is 6.08. The highest BCUT2D eigenvalue weighted by Gasteiger charge is 2.36. The van der Waals surface area contributed by atoms with Crippen LogP contribution in [0.2, 0.25) is 0 Å². The predicted molar refractivity (Wildman–Crippen MR) is 134 cm³/mol. The van der Waals surface area contributed by atoms with E-state index in [1.807, 2.05) is 0 Å². The SMILES string of the molecule is CC(C)(C)OC(=O)N(C(=O)O)c1cc2c(CNC3CC(Oc4ccc(F)c(C(F)(F)F)c4)C3)c(F)ccc2cn1. The molecule has 1 aromatic heterocycles. The van der Waals surface area contributed by atoms with Gasteiger partial charge in [-0.05, 0) is 75.4 Å². The van der Waals surface area contributed by atoms with Gasteiger partial charge in [0, 0.05) is 29.7 Å². The Labute approximate surface area is 225 Å². The maximum atomic E-state index is 14.9. The van der Waals surface area contributed by atoms with Crippen molar-refractivity contribution in [2.24, 2.45) is 0 Å². The van der Waals surface area contributed by atoms with Crippen LogP contribution >= 0.6 is 0 Å². The molecule has 0 saturated heterocycles. The molecule has 0 spiro atoms. The summed E-state index contributed by atoms with van der Waals surface area (Å²) in [5.41, 5.74) is -2.18. The van der Waals surface area contributed by atoms with Crippen LogP contribution in [0.25, 0.3) is 10.8 Å². The zero-order valence-electron chi connectivity index (χ0n) is 21.7. The summed E-state index contributed by atoms with van der Waals surface area (Å²) in [5.74, 6) is -2.34. The molecule has 40 heavy (non-hydrogen) atoms. The Morgan fingerprint density at radius 3 is 2.38 bits per heavy atom. The van der Waals surface area contributed by atoms with Crippen molar-refractivity contribution in [1.82, 2.24) is 10.3 Å². The highest BCUT2D eigenvalue weighted by atomic mass is 19.4. The van der Waals surface area contributed by atoms with Gasteiger partial charge in [0.1, 0.15) is 34.9 Å². The van der Waals surface area contributed by atoms with Crippen molar-refractivity contribution < 1.29 is 46.1 Å². The van der Waals surface area contributed by atoms with Crippen molar-refractivity contribution in [2.75, 3.05) is 4.90 Å². The number of carboxylic acid groups (broad SMARTS) is 1. The second kappa shape index (κ2) is 10.9. The number of hydrogen-bond donors (Lipinski definition) is 2. The average molecular weight is 568 g/mol. The van der Waals surface area contributed by atoms with Gasteiger partial charge in [-0.25, -0.2) is 23.4 Å². The van der Waals surface area contributed by atoms with Gasteiger partial charge in [-0.1, -0.05) is 0 Å². The fourth-order valence-electron chi connectivity index (χ4n) is 4.18. The first-order valence-corrected chi connectivity index (χ1v) is 12.2. The Balaban J connectivity index is 1.45. The second-order valence-corrected chi connectivity index (χ2v) is 10.3. The fraction of sp³-hybridized carbons (Fsp3) is 0.370. The average Bonchev–Trinajstić information content (AvgIpc) is 2.80. The number of rotatable bonds is 6. The van der Waals surface area contributed by atoms with Gasteiger partial charge in [-0.15, -0.1) is 0 Å². The van der Waals surface area contributed by atoms with Gasteiger partial charge >= 0.3 is 18.4 Å². The Morgan fingerprint density at radius 2 is 1.75 bits per heavy atom. The number of benzene rings is 2. The lowest BCUT2D eigenvalue weighted by Crippen LogP contribution is -2.46. The monoisotopic (exact) mass is 567 g/mol. The Kier molecular flexibility index (Phi) is 7.88. The number of fused-ring (bicyclic) bond motifs is 1. The lowest BCUT2D eigenvalue weighted by atomic mass is 9.89. The summed E-state index contributed by atoms with van der Waals surface area (Å²) in [6, 6.07) is 6.28. The van der Waals surface area contributed by atoms with Crippen LogP contribution in [-0.2, 0) is 17.5 Å². The van der Waals surface area contributed by atoms with E-state index in [2.05, 4.69) is 10.3 Å². The van der Waals surface area contributed by atoms with Crippen LogP contribution in [0.15, 0.2) is 42.6 Å². The van der Waals surface area contributed by atoms with Gasteiger partial charge in [0.05, 0.1) is 5.56 Å². The molecule has 13 heteroatoms. The summed E-state index contributed by atoms with van der Waals surface area (Å²) >= 11 is 0. The second-order valence-electron chi connectivity index (χ2n) is 10.3. The molecule has 214 valence electrons. The van der Waals surface area contributed by atoms with Gasteiger partial charge in [-0.2, -0.15) is 18.1 Å². The smallest absolute Gasteiger partial charge is 0.425 e. The molecule has 2 amide bonds. The summed E-state index contributed by atoms with van der Waals surface area (Å²) in [6.45, 7) is 4.76. The molecule has 8 nitrogen and oxygen atoms in total. The van der Waals surface area contributed by atoms with E-state index >= 15 is 0 Å². The molecule has 1 heterocycles. The van der Waals surface area contributed by atoms with Crippen molar-refractivity contribution in [3.05, 3.63) is 65.4 Å². The van der Waals surface area contributed by atoms with E-state index in [0.717, 1.165) is 6.07 Å². The summed E-state index contributed by atoms with van der Waals surface area (Å²) in [4.78, 5) is 28.7. The standard InChI is InChI=1S/C27H26F5N3O5/c1-26(2,3)40-25(38)35(24(36)37)23-11-18-14(12-34-23)4-6-21(28)19(18)13-33-15-8-17(9-15)39-16-5-7-22(29)20(10-16)27(30,31)32/h4-7,10-12,15,17,33H,8-9,13H2,1-3H3,(H,36,37). The number of imide groups is 1. The molecule has 0 unspecified atom stereocenters. The van der Waals surface area contributed by atoms with E-state index in [9.17, 15) is 36.6 Å². The normalized spacial score (nSPS) is 17.3. The number of ether oxygens (including phenoxy) is 2. The summed E-state index contributed by atoms with van der Waals surface area (Å²) in [7, 11) is 0. The van der Waals surface area contributed by atoms with Gasteiger partial charge in [0.2, 0.25) is 0 Å². The van der Waals surface area contributed by atoms with Gasteiger partial charge in [0.25, 0.3) is 0 Å².